The van der Waals surface area contributed by atoms with Gasteiger partial charge in [-0.05, 0) is 12.5 Å². The molecule has 0 aromatic heterocycles. The molecule has 3 atom stereocenters. The molecule has 0 bridgehead atoms. The van der Waals surface area contributed by atoms with Crippen molar-refractivity contribution in [2.45, 2.75) is 13.0 Å². The molecule has 0 N–H and O–H groups in total. The first-order valence-electron chi connectivity index (χ1n) is 7.46. The predicted octanol–water partition coefficient (Wildman–Crippen LogP) is 1.27. The first-order chi connectivity index (χ1) is 10.4. The molecule has 2 fully saturated rings. The van der Waals surface area contributed by atoms with E-state index in [-0.39, 0.29) is 29.4 Å². The number of nitrogens with zero attached hydrogens (tertiary/aromatic N) is 1. The van der Waals surface area contributed by atoms with Crippen LogP contribution in [-0.4, -0.2) is 51.0 Å². The Labute approximate surface area is 131 Å². The molecule has 0 spiro atoms. The quantitative estimate of drug-likeness (QED) is 0.784. The van der Waals surface area contributed by atoms with Gasteiger partial charge in [0.05, 0.1) is 24.0 Å². The minimum atomic E-state index is -3.16. The first-order valence-corrected chi connectivity index (χ1v) is 9.28. The Kier molecular flexibility index (Phi) is 3.77. The lowest BCUT2D eigenvalue weighted by Gasteiger charge is -2.28. The van der Waals surface area contributed by atoms with Gasteiger partial charge in [-0.3, -0.25) is 9.69 Å². The van der Waals surface area contributed by atoms with Crippen molar-refractivity contribution < 1.29 is 17.9 Å². The number of esters is 1. The number of methoxy groups -OCH3 is 1. The van der Waals surface area contributed by atoms with Crippen molar-refractivity contribution in [2.75, 3.05) is 31.7 Å². The van der Waals surface area contributed by atoms with Crippen molar-refractivity contribution in [2.24, 2.45) is 11.3 Å². The molecule has 2 aliphatic rings. The zero-order valence-corrected chi connectivity index (χ0v) is 13.7. The third-order valence-electron chi connectivity index (χ3n) is 5.08. The van der Waals surface area contributed by atoms with E-state index in [1.165, 1.54) is 12.7 Å². The van der Waals surface area contributed by atoms with E-state index in [2.05, 4.69) is 24.0 Å². The zero-order chi connectivity index (χ0) is 16.0. The van der Waals surface area contributed by atoms with Gasteiger partial charge >= 0.3 is 5.97 Å². The smallest absolute Gasteiger partial charge is 0.314 e. The molecule has 1 aromatic rings. The molecule has 0 saturated carbocycles. The molecular formula is C16H21NO4S. The number of hydrogen-bond acceptors (Lipinski definition) is 5. The summed E-state index contributed by atoms with van der Waals surface area (Å²) in [7, 11) is -1.82. The second-order valence-electron chi connectivity index (χ2n) is 6.42. The van der Waals surface area contributed by atoms with Crippen LogP contribution in [0.1, 0.15) is 18.5 Å². The van der Waals surface area contributed by atoms with Crippen LogP contribution >= 0.6 is 0 Å². The molecule has 0 aliphatic carbocycles. The monoisotopic (exact) mass is 323 g/mol. The molecule has 2 heterocycles. The summed E-state index contributed by atoms with van der Waals surface area (Å²) >= 11 is 0. The van der Waals surface area contributed by atoms with Crippen LogP contribution in [0.3, 0.4) is 0 Å². The van der Waals surface area contributed by atoms with Gasteiger partial charge in [0, 0.05) is 25.0 Å². The van der Waals surface area contributed by atoms with Crippen molar-refractivity contribution in [1.82, 2.24) is 4.90 Å². The van der Waals surface area contributed by atoms with Crippen molar-refractivity contribution >= 4 is 15.8 Å². The number of fused-ring (bicyclic) bond motifs is 1. The third-order valence-corrected chi connectivity index (χ3v) is 6.94. The highest BCUT2D eigenvalue weighted by Gasteiger charge is 2.61. The second kappa shape index (κ2) is 5.35. The summed E-state index contributed by atoms with van der Waals surface area (Å²) in [5.41, 5.74) is 0.279. The van der Waals surface area contributed by atoms with E-state index in [0.717, 1.165) is 0 Å². The van der Waals surface area contributed by atoms with Crippen LogP contribution in [0.2, 0.25) is 0 Å². The van der Waals surface area contributed by atoms with E-state index in [1.807, 2.05) is 18.2 Å². The summed E-state index contributed by atoms with van der Waals surface area (Å²) in [6, 6.07) is 10.2. The molecule has 2 saturated heterocycles. The van der Waals surface area contributed by atoms with E-state index in [9.17, 15) is 13.2 Å². The molecule has 3 rings (SSSR count). The topological polar surface area (TPSA) is 63.7 Å². The van der Waals surface area contributed by atoms with Gasteiger partial charge in [0.25, 0.3) is 0 Å². The van der Waals surface area contributed by atoms with Gasteiger partial charge in [0.1, 0.15) is 0 Å². The number of benzene rings is 1. The van der Waals surface area contributed by atoms with Crippen molar-refractivity contribution in [3.63, 3.8) is 0 Å². The number of rotatable bonds is 3. The fourth-order valence-electron chi connectivity index (χ4n) is 3.88. The maximum absolute atomic E-state index is 12.3. The van der Waals surface area contributed by atoms with Crippen LogP contribution in [-0.2, 0) is 19.4 Å². The van der Waals surface area contributed by atoms with E-state index in [1.54, 1.807) is 0 Å². The Hall–Kier alpha value is -1.40. The van der Waals surface area contributed by atoms with Gasteiger partial charge in [-0.25, -0.2) is 8.42 Å². The van der Waals surface area contributed by atoms with Gasteiger partial charge in [0.2, 0.25) is 0 Å². The highest BCUT2D eigenvalue weighted by Crippen LogP contribution is 2.47. The molecule has 0 amide bonds. The van der Waals surface area contributed by atoms with Gasteiger partial charge in [-0.15, -0.1) is 0 Å². The van der Waals surface area contributed by atoms with E-state index in [0.29, 0.717) is 13.1 Å². The average molecular weight is 323 g/mol. The summed E-state index contributed by atoms with van der Waals surface area (Å²) in [6.45, 7) is 3.15. The maximum Gasteiger partial charge on any atom is 0.314 e. The van der Waals surface area contributed by atoms with Crippen LogP contribution in [0.15, 0.2) is 30.3 Å². The summed E-state index contributed by atoms with van der Waals surface area (Å²) in [5.74, 6) is -0.562. The molecule has 1 aromatic carbocycles. The molecule has 120 valence electrons. The highest BCUT2D eigenvalue weighted by atomic mass is 32.2. The molecule has 5 nitrogen and oxygen atoms in total. The Morgan fingerprint density at radius 2 is 2.05 bits per heavy atom. The molecule has 22 heavy (non-hydrogen) atoms. The Morgan fingerprint density at radius 3 is 2.68 bits per heavy atom. The van der Waals surface area contributed by atoms with Gasteiger partial charge in [0.15, 0.2) is 9.84 Å². The number of hydrogen-bond donors (Lipinski definition) is 0. The summed E-state index contributed by atoms with van der Waals surface area (Å²) < 4.78 is 28.9. The SMILES string of the molecule is COC(=O)[C@@]12CN([C@H](C)c3ccccc3)C[C@@H]1CS(=O)(=O)C2. The van der Waals surface area contributed by atoms with Gasteiger partial charge in [-0.2, -0.15) is 0 Å². The normalized spacial score (nSPS) is 31.6. The van der Waals surface area contributed by atoms with Crippen molar-refractivity contribution in [3.8, 4) is 0 Å². The Balaban J connectivity index is 1.88. The Bertz CT molecular complexity index is 673. The molecule has 2 aliphatic heterocycles. The Morgan fingerprint density at radius 1 is 1.36 bits per heavy atom. The lowest BCUT2D eigenvalue weighted by molar-refractivity contribution is -0.152. The van der Waals surface area contributed by atoms with E-state index >= 15 is 0 Å². The predicted molar refractivity (Wildman–Crippen MR) is 83.0 cm³/mol. The van der Waals surface area contributed by atoms with Gasteiger partial charge < -0.3 is 4.74 Å². The highest BCUT2D eigenvalue weighted by molar-refractivity contribution is 7.91. The average Bonchev–Trinajstić information content (AvgIpc) is 2.96. The summed E-state index contributed by atoms with van der Waals surface area (Å²) in [4.78, 5) is 14.5. The van der Waals surface area contributed by atoms with Gasteiger partial charge in [-0.1, -0.05) is 30.3 Å². The summed E-state index contributed by atoms with van der Waals surface area (Å²) in [6.07, 6.45) is 0. The minimum Gasteiger partial charge on any atom is -0.469 e. The lowest BCUT2D eigenvalue weighted by atomic mass is 9.81. The lowest BCUT2D eigenvalue weighted by Crippen LogP contribution is -2.40. The van der Waals surface area contributed by atoms with Crippen LogP contribution in [0.4, 0.5) is 0 Å². The van der Waals surface area contributed by atoms with E-state index in [4.69, 9.17) is 4.74 Å². The number of likely N-dealkylation sites (tertiary alicyclic amines) is 1. The minimum absolute atomic E-state index is 0.0834. The van der Waals surface area contributed by atoms with Crippen molar-refractivity contribution in [3.05, 3.63) is 35.9 Å². The van der Waals surface area contributed by atoms with Crippen LogP contribution in [0.25, 0.3) is 0 Å². The summed E-state index contributed by atoms with van der Waals surface area (Å²) in [5, 5.41) is 0. The van der Waals surface area contributed by atoms with Crippen LogP contribution < -0.4 is 0 Å². The van der Waals surface area contributed by atoms with Crippen LogP contribution in [0.5, 0.6) is 0 Å². The third kappa shape index (κ3) is 2.44. The maximum atomic E-state index is 12.3. The molecule has 0 unspecified atom stereocenters. The molecular weight excluding hydrogens is 302 g/mol. The zero-order valence-electron chi connectivity index (χ0n) is 12.9. The van der Waals surface area contributed by atoms with Crippen molar-refractivity contribution in [1.29, 1.82) is 0 Å². The fraction of sp³-hybridized carbons (Fsp3) is 0.562. The number of ether oxygens (including phenoxy) is 1. The molecule has 6 heteroatoms. The number of sulfone groups is 1. The number of carbonyl (C=O) groups is 1. The standard InChI is InChI=1S/C16H21NO4S/c1-12(13-6-4-3-5-7-13)17-8-14-9-22(19,20)11-16(14,10-17)15(18)21-2/h3-7,12,14H,8-11H2,1-2H3/t12-,14-,16-/m1/s1. The first kappa shape index (κ1) is 15.5. The number of carbonyl (C=O) groups excluding carboxylic acids is 1. The van der Waals surface area contributed by atoms with Crippen LogP contribution in [0, 0.1) is 11.3 Å². The largest absolute Gasteiger partial charge is 0.469 e. The molecule has 0 radical (unpaired) electrons. The fourth-order valence-corrected chi connectivity index (χ4v) is 6.26. The second-order valence-corrected chi connectivity index (χ2v) is 8.52. The van der Waals surface area contributed by atoms with E-state index < -0.39 is 15.3 Å².